The van der Waals surface area contributed by atoms with E-state index in [-0.39, 0.29) is 17.2 Å². The third kappa shape index (κ3) is 5.45. The maximum Gasteiger partial charge on any atom is 0.225 e. The first kappa shape index (κ1) is 28.5. The molecular formula is C34H35N5O4S. The molecule has 10 heteroatoms. The van der Waals surface area contributed by atoms with Crippen molar-refractivity contribution in [2.24, 2.45) is 0 Å². The number of morpholine rings is 1. The van der Waals surface area contributed by atoms with Gasteiger partial charge in [-0.2, -0.15) is 0 Å². The molecule has 2 aliphatic rings. The first-order valence-electron chi connectivity index (χ1n) is 15.2. The lowest BCUT2D eigenvalue weighted by Gasteiger charge is -2.34. The van der Waals surface area contributed by atoms with Crippen molar-refractivity contribution in [2.45, 2.75) is 13.3 Å². The van der Waals surface area contributed by atoms with E-state index in [1.807, 2.05) is 35.2 Å². The van der Waals surface area contributed by atoms with Crippen LogP contribution in [0.3, 0.4) is 0 Å². The number of para-hydroxylation sites is 1. The first-order chi connectivity index (χ1) is 21.5. The minimum atomic E-state index is -0.0343. The molecule has 2 N–H and O–H groups in total. The molecule has 4 heterocycles. The molecule has 2 fully saturated rings. The fourth-order valence-corrected chi connectivity index (χ4v) is 7.62. The van der Waals surface area contributed by atoms with Gasteiger partial charge in [-0.1, -0.05) is 36.4 Å². The number of fused-ring (bicyclic) bond motifs is 4. The van der Waals surface area contributed by atoms with Crippen molar-refractivity contribution in [2.75, 3.05) is 69.2 Å². The molecule has 0 atom stereocenters. The number of hydrogen-bond acceptors (Lipinski definition) is 7. The number of carbonyl (C=O) groups excluding carboxylic acids is 2. The van der Waals surface area contributed by atoms with E-state index in [2.05, 4.69) is 44.4 Å². The Balaban J connectivity index is 1.23. The number of carbonyl (C=O) groups is 2. The van der Waals surface area contributed by atoms with Crippen LogP contribution in [0.4, 0.5) is 11.5 Å². The van der Waals surface area contributed by atoms with Crippen LogP contribution in [0, 0.1) is 0 Å². The molecule has 3 aromatic carbocycles. The molecule has 0 aliphatic carbocycles. The predicted octanol–water partition coefficient (Wildman–Crippen LogP) is 4.89. The van der Waals surface area contributed by atoms with E-state index in [0.717, 1.165) is 74.5 Å². The van der Waals surface area contributed by atoms with Gasteiger partial charge in [-0.05, 0) is 18.2 Å². The number of pyridine rings is 1. The van der Waals surface area contributed by atoms with E-state index in [0.29, 0.717) is 44.7 Å². The molecule has 226 valence electrons. The highest BCUT2D eigenvalue weighted by Crippen LogP contribution is 2.44. The number of nitrogens with one attached hydrogen (secondary N) is 2. The van der Waals surface area contributed by atoms with Gasteiger partial charge in [0.15, 0.2) is 5.43 Å². The molecule has 0 bridgehead atoms. The van der Waals surface area contributed by atoms with Crippen LogP contribution in [-0.4, -0.2) is 85.6 Å². The summed E-state index contributed by atoms with van der Waals surface area (Å²) in [6.45, 7) is 7.94. The van der Waals surface area contributed by atoms with Gasteiger partial charge in [-0.15, -0.1) is 11.3 Å². The van der Waals surface area contributed by atoms with Crippen molar-refractivity contribution < 1.29 is 14.3 Å². The number of piperazine rings is 1. The summed E-state index contributed by atoms with van der Waals surface area (Å²) in [4.78, 5) is 48.0. The molecular weight excluding hydrogens is 574 g/mol. The van der Waals surface area contributed by atoms with Crippen LogP contribution in [0.25, 0.3) is 42.2 Å². The molecule has 0 unspecified atom stereocenters. The summed E-state index contributed by atoms with van der Waals surface area (Å²) >= 11 is 1.70. The average Bonchev–Trinajstić information content (AvgIpc) is 3.45. The number of thiophene rings is 1. The molecule has 9 nitrogen and oxygen atoms in total. The maximum atomic E-state index is 13.3. The summed E-state index contributed by atoms with van der Waals surface area (Å²) < 4.78 is 7.73. The van der Waals surface area contributed by atoms with Gasteiger partial charge in [-0.3, -0.25) is 19.3 Å². The lowest BCUT2D eigenvalue weighted by Crippen LogP contribution is -2.48. The van der Waals surface area contributed by atoms with Gasteiger partial charge in [0.2, 0.25) is 11.8 Å². The normalized spacial score (nSPS) is 16.2. The summed E-state index contributed by atoms with van der Waals surface area (Å²) in [6, 6.07) is 19.9. The Morgan fingerprint density at radius 2 is 1.68 bits per heavy atom. The Morgan fingerprint density at radius 1 is 0.909 bits per heavy atom. The van der Waals surface area contributed by atoms with E-state index in [9.17, 15) is 14.4 Å². The van der Waals surface area contributed by atoms with Crippen LogP contribution in [0.2, 0.25) is 0 Å². The molecule has 2 aromatic heterocycles. The molecule has 5 aromatic rings. The maximum absolute atomic E-state index is 13.3. The second-order valence-corrected chi connectivity index (χ2v) is 12.5. The third-order valence-electron chi connectivity index (χ3n) is 8.77. The van der Waals surface area contributed by atoms with Crippen molar-refractivity contribution in [1.29, 1.82) is 0 Å². The third-order valence-corrected chi connectivity index (χ3v) is 9.97. The second kappa shape index (κ2) is 12.0. The molecule has 7 rings (SSSR count). The number of aromatic nitrogens is 1. The lowest BCUT2D eigenvalue weighted by atomic mass is 9.98. The molecule has 2 amide bonds. The Kier molecular flexibility index (Phi) is 7.80. The fraction of sp³-hybridized carbons (Fsp3) is 0.324. The number of ether oxygens (including phenoxy) is 1. The molecule has 0 radical (unpaired) electrons. The number of aromatic amines is 1. The van der Waals surface area contributed by atoms with Gasteiger partial charge in [0.1, 0.15) is 5.82 Å². The highest BCUT2D eigenvalue weighted by molar-refractivity contribution is 7.26. The predicted molar refractivity (Wildman–Crippen MR) is 178 cm³/mol. The zero-order valence-electron chi connectivity index (χ0n) is 24.7. The van der Waals surface area contributed by atoms with Gasteiger partial charge in [0, 0.05) is 102 Å². The van der Waals surface area contributed by atoms with Crippen LogP contribution in [0.5, 0.6) is 0 Å². The van der Waals surface area contributed by atoms with E-state index < -0.39 is 0 Å². The van der Waals surface area contributed by atoms with E-state index in [1.165, 1.54) is 0 Å². The summed E-state index contributed by atoms with van der Waals surface area (Å²) in [5.74, 6) is 0.871. The number of rotatable bonds is 6. The zero-order valence-corrected chi connectivity index (χ0v) is 25.5. The first-order valence-corrected chi connectivity index (χ1v) is 16.0. The fourth-order valence-electron chi connectivity index (χ4n) is 6.36. The number of hydrogen-bond donors (Lipinski definition) is 2. The summed E-state index contributed by atoms with van der Waals surface area (Å²) in [6.07, 6.45) is 0.375. The van der Waals surface area contributed by atoms with Gasteiger partial charge in [0.05, 0.1) is 24.4 Å². The number of H-pyrrole nitrogens is 1. The van der Waals surface area contributed by atoms with E-state index in [4.69, 9.17) is 4.74 Å². The van der Waals surface area contributed by atoms with Crippen molar-refractivity contribution in [3.63, 3.8) is 0 Å². The molecule has 2 aliphatic heterocycles. The topological polar surface area (TPSA) is 98.0 Å². The van der Waals surface area contributed by atoms with Crippen molar-refractivity contribution in [3.05, 3.63) is 70.9 Å². The Morgan fingerprint density at radius 3 is 2.48 bits per heavy atom. The summed E-state index contributed by atoms with van der Waals surface area (Å²) in [5.41, 5.74) is 3.55. The molecule has 0 spiro atoms. The average molecular weight is 610 g/mol. The van der Waals surface area contributed by atoms with Crippen LogP contribution >= 0.6 is 11.3 Å². The smallest absolute Gasteiger partial charge is 0.225 e. The van der Waals surface area contributed by atoms with Crippen LogP contribution in [0.15, 0.2) is 65.5 Å². The number of amides is 2. The number of anilines is 2. The van der Waals surface area contributed by atoms with E-state index >= 15 is 0 Å². The van der Waals surface area contributed by atoms with Crippen molar-refractivity contribution in [1.82, 2.24) is 14.8 Å². The SMILES string of the molecule is CC(=O)N1CCN(CCC(=O)Nc2ccc(-c3cccc4c(=O)cc(N5CCOCC5)[nH]c34)c3sc4ccccc4c23)CC1. The Bertz CT molecular complexity index is 1940. The molecule has 2 saturated heterocycles. The van der Waals surface area contributed by atoms with Crippen molar-refractivity contribution >= 4 is 65.7 Å². The summed E-state index contributed by atoms with van der Waals surface area (Å²) in [5, 5.41) is 5.96. The molecule has 0 saturated carbocycles. The minimum Gasteiger partial charge on any atom is -0.378 e. The highest BCUT2D eigenvalue weighted by Gasteiger charge is 2.21. The van der Waals surface area contributed by atoms with Gasteiger partial charge in [-0.25, -0.2) is 0 Å². The van der Waals surface area contributed by atoms with Crippen LogP contribution < -0.4 is 15.6 Å². The number of benzene rings is 3. The highest BCUT2D eigenvalue weighted by atomic mass is 32.1. The van der Waals surface area contributed by atoms with Crippen LogP contribution in [0.1, 0.15) is 13.3 Å². The number of nitrogens with zero attached hydrogens (tertiary/aromatic N) is 3. The quantitative estimate of drug-likeness (QED) is 0.285. The molecule has 44 heavy (non-hydrogen) atoms. The second-order valence-electron chi connectivity index (χ2n) is 11.5. The Labute approximate surface area is 259 Å². The van der Waals surface area contributed by atoms with Gasteiger partial charge in [0.25, 0.3) is 0 Å². The van der Waals surface area contributed by atoms with E-state index in [1.54, 1.807) is 24.3 Å². The minimum absolute atomic E-state index is 0.0127. The lowest BCUT2D eigenvalue weighted by molar-refractivity contribution is -0.130. The van der Waals surface area contributed by atoms with Crippen LogP contribution in [-0.2, 0) is 14.3 Å². The van der Waals surface area contributed by atoms with Gasteiger partial charge >= 0.3 is 0 Å². The standard InChI is InChI=1S/C34H35N5O4S/c1-22(40)38-15-13-37(14-16-38)12-11-31(42)35-27-10-9-24(34-32(27)26-5-2-3-8-29(26)44-34)23-6-4-7-25-28(41)21-30(36-33(23)25)39-17-19-43-20-18-39/h2-10,21H,11-20H2,1H3,(H,35,42)(H,36,41). The summed E-state index contributed by atoms with van der Waals surface area (Å²) in [7, 11) is 0. The Hall–Kier alpha value is -4.25. The van der Waals surface area contributed by atoms with Crippen molar-refractivity contribution in [3.8, 4) is 11.1 Å². The largest absolute Gasteiger partial charge is 0.378 e. The monoisotopic (exact) mass is 609 g/mol. The van der Waals surface area contributed by atoms with Gasteiger partial charge < -0.3 is 24.8 Å². The zero-order chi connectivity index (χ0) is 30.2.